The van der Waals surface area contributed by atoms with Gasteiger partial charge in [0.05, 0.1) is 5.69 Å². The van der Waals surface area contributed by atoms with Gasteiger partial charge in [-0.1, -0.05) is 18.2 Å². The molecule has 1 aliphatic rings. The van der Waals surface area contributed by atoms with Gasteiger partial charge in [0.15, 0.2) is 0 Å². The second-order valence-electron chi connectivity index (χ2n) is 10.7. The van der Waals surface area contributed by atoms with Crippen molar-refractivity contribution in [3.05, 3.63) is 113 Å². The van der Waals surface area contributed by atoms with E-state index in [1.54, 1.807) is 23.7 Å². The standard InChI is InChI=1S/C33H33N7OS/c1-23-3-8-29(37-32(41)25-6-4-24(5-7-25)22-40-14-12-39(2)13-15-40)18-26(23)19-31-35-10-9-30(38-31)27-17-28(21-34-20-27)33-36-11-16-42-33/h3-11,16-18,20-21H,12-15,19,22H2,1-2H3,(H,37,41). The Bertz CT molecular complexity index is 1660. The number of benzene rings is 2. The van der Waals surface area contributed by atoms with E-state index in [0.717, 1.165) is 71.4 Å². The lowest BCUT2D eigenvalue weighted by molar-refractivity contribution is 0.102. The van der Waals surface area contributed by atoms with Gasteiger partial charge in [-0.25, -0.2) is 15.0 Å². The van der Waals surface area contributed by atoms with E-state index in [-0.39, 0.29) is 5.91 Å². The Hall–Kier alpha value is -4.31. The number of nitrogens with one attached hydrogen (secondary N) is 1. The van der Waals surface area contributed by atoms with E-state index in [0.29, 0.717) is 17.8 Å². The molecular formula is C33H33N7OS. The van der Waals surface area contributed by atoms with Crippen LogP contribution in [-0.2, 0) is 13.0 Å². The first-order valence-corrected chi connectivity index (χ1v) is 15.0. The van der Waals surface area contributed by atoms with Crippen LogP contribution < -0.4 is 5.32 Å². The van der Waals surface area contributed by atoms with Crippen LogP contribution >= 0.6 is 11.3 Å². The van der Waals surface area contributed by atoms with Gasteiger partial charge in [-0.2, -0.15) is 0 Å². The van der Waals surface area contributed by atoms with E-state index < -0.39 is 0 Å². The molecule has 9 heteroatoms. The van der Waals surface area contributed by atoms with Crippen LogP contribution in [0.1, 0.15) is 32.9 Å². The number of anilines is 1. The number of pyridine rings is 1. The maximum Gasteiger partial charge on any atom is 0.255 e. The maximum atomic E-state index is 13.1. The highest BCUT2D eigenvalue weighted by molar-refractivity contribution is 7.13. The zero-order chi connectivity index (χ0) is 28.9. The number of rotatable bonds is 8. The fraction of sp³-hybridized carbons (Fsp3) is 0.242. The molecule has 0 atom stereocenters. The van der Waals surface area contributed by atoms with Gasteiger partial charge in [0, 0.05) is 91.7 Å². The highest BCUT2D eigenvalue weighted by Gasteiger charge is 2.15. The lowest BCUT2D eigenvalue weighted by Crippen LogP contribution is -2.43. The quantitative estimate of drug-likeness (QED) is 0.259. The van der Waals surface area contributed by atoms with Crippen LogP contribution in [0.3, 0.4) is 0 Å². The molecule has 1 aliphatic heterocycles. The molecule has 4 heterocycles. The van der Waals surface area contributed by atoms with Gasteiger partial charge in [-0.3, -0.25) is 14.7 Å². The van der Waals surface area contributed by atoms with E-state index in [2.05, 4.69) is 62.2 Å². The topological polar surface area (TPSA) is 87.1 Å². The summed E-state index contributed by atoms with van der Waals surface area (Å²) in [5.74, 6) is 0.580. The van der Waals surface area contributed by atoms with Gasteiger partial charge >= 0.3 is 0 Å². The molecule has 6 rings (SSSR count). The number of hydrogen-bond donors (Lipinski definition) is 1. The number of amides is 1. The van der Waals surface area contributed by atoms with E-state index >= 15 is 0 Å². The van der Waals surface area contributed by atoms with Crippen LogP contribution in [0, 0.1) is 6.92 Å². The summed E-state index contributed by atoms with van der Waals surface area (Å²) in [4.78, 5) is 36.0. The van der Waals surface area contributed by atoms with Crippen LogP contribution in [0.25, 0.3) is 21.8 Å². The number of carbonyl (C=O) groups is 1. The first-order valence-electron chi connectivity index (χ1n) is 14.1. The fourth-order valence-electron chi connectivity index (χ4n) is 5.05. The highest BCUT2D eigenvalue weighted by Crippen LogP contribution is 2.26. The number of piperazine rings is 1. The van der Waals surface area contributed by atoms with Crippen molar-refractivity contribution in [1.29, 1.82) is 0 Å². The average Bonchev–Trinajstić information content (AvgIpc) is 3.56. The van der Waals surface area contributed by atoms with Crippen molar-refractivity contribution in [3.8, 4) is 21.8 Å². The Balaban J connectivity index is 1.12. The predicted molar refractivity (Wildman–Crippen MR) is 168 cm³/mol. The summed E-state index contributed by atoms with van der Waals surface area (Å²) in [7, 11) is 2.16. The zero-order valence-electron chi connectivity index (χ0n) is 23.8. The van der Waals surface area contributed by atoms with Crippen molar-refractivity contribution >= 4 is 22.9 Å². The third kappa shape index (κ3) is 6.76. The Morgan fingerprint density at radius 3 is 2.52 bits per heavy atom. The number of hydrogen-bond acceptors (Lipinski definition) is 8. The monoisotopic (exact) mass is 575 g/mol. The minimum Gasteiger partial charge on any atom is -0.322 e. The predicted octanol–water partition coefficient (Wildman–Crippen LogP) is 5.56. The molecule has 0 saturated carbocycles. The first-order chi connectivity index (χ1) is 20.5. The summed E-state index contributed by atoms with van der Waals surface area (Å²) in [6.45, 7) is 7.30. The molecule has 0 aliphatic carbocycles. The number of aryl methyl sites for hydroxylation is 1. The summed E-state index contributed by atoms with van der Waals surface area (Å²) >= 11 is 1.58. The molecule has 8 nitrogen and oxygen atoms in total. The van der Waals surface area contributed by atoms with Gasteiger partial charge < -0.3 is 10.2 Å². The second kappa shape index (κ2) is 12.7. The zero-order valence-corrected chi connectivity index (χ0v) is 24.6. The first kappa shape index (κ1) is 27.8. The fourth-order valence-corrected chi connectivity index (χ4v) is 5.67. The largest absolute Gasteiger partial charge is 0.322 e. The molecule has 1 amide bonds. The normalized spacial score (nSPS) is 14.1. The molecule has 0 bridgehead atoms. The molecule has 2 aromatic carbocycles. The van der Waals surface area contributed by atoms with E-state index in [1.165, 1.54) is 5.56 Å². The van der Waals surface area contributed by atoms with Crippen molar-refractivity contribution in [2.45, 2.75) is 19.9 Å². The van der Waals surface area contributed by atoms with Crippen molar-refractivity contribution in [1.82, 2.24) is 29.7 Å². The summed E-state index contributed by atoms with van der Waals surface area (Å²) in [5, 5.41) is 5.94. The Morgan fingerprint density at radius 1 is 0.929 bits per heavy atom. The third-order valence-corrected chi connectivity index (χ3v) is 8.41. The molecular weight excluding hydrogens is 542 g/mol. The number of nitrogens with zero attached hydrogens (tertiary/aromatic N) is 6. The van der Waals surface area contributed by atoms with Gasteiger partial charge in [0.1, 0.15) is 10.8 Å². The van der Waals surface area contributed by atoms with Gasteiger partial charge in [-0.05, 0) is 67.1 Å². The molecule has 1 saturated heterocycles. The Morgan fingerprint density at radius 2 is 1.74 bits per heavy atom. The van der Waals surface area contributed by atoms with Crippen molar-refractivity contribution < 1.29 is 4.79 Å². The van der Waals surface area contributed by atoms with Gasteiger partial charge in [0.25, 0.3) is 5.91 Å². The smallest absolute Gasteiger partial charge is 0.255 e. The number of carbonyl (C=O) groups excluding carboxylic acids is 1. The molecule has 5 aromatic rings. The van der Waals surface area contributed by atoms with Gasteiger partial charge in [-0.15, -0.1) is 11.3 Å². The summed E-state index contributed by atoms with van der Waals surface area (Å²) in [5.41, 5.74) is 7.48. The van der Waals surface area contributed by atoms with Crippen LogP contribution in [-0.4, -0.2) is 68.9 Å². The summed E-state index contributed by atoms with van der Waals surface area (Å²) in [6.07, 6.45) is 7.74. The number of thiazole rings is 1. The molecule has 42 heavy (non-hydrogen) atoms. The lowest BCUT2D eigenvalue weighted by Gasteiger charge is -2.32. The Labute approximate surface area is 250 Å². The van der Waals surface area contributed by atoms with E-state index in [1.807, 2.05) is 54.2 Å². The van der Waals surface area contributed by atoms with E-state index in [9.17, 15) is 4.79 Å². The third-order valence-electron chi connectivity index (χ3n) is 7.59. The van der Waals surface area contributed by atoms with E-state index in [4.69, 9.17) is 4.98 Å². The second-order valence-corrected chi connectivity index (χ2v) is 11.6. The van der Waals surface area contributed by atoms with Crippen LogP contribution in [0.15, 0.2) is 84.8 Å². The minimum atomic E-state index is -0.123. The van der Waals surface area contributed by atoms with Crippen molar-refractivity contribution in [2.24, 2.45) is 0 Å². The van der Waals surface area contributed by atoms with Crippen molar-refractivity contribution in [3.63, 3.8) is 0 Å². The maximum absolute atomic E-state index is 13.1. The number of aromatic nitrogens is 4. The molecule has 0 spiro atoms. The molecule has 0 radical (unpaired) electrons. The molecule has 0 unspecified atom stereocenters. The SMILES string of the molecule is Cc1ccc(NC(=O)c2ccc(CN3CCN(C)CC3)cc2)cc1Cc1nccc(-c2cncc(-c3nccs3)c2)n1. The summed E-state index contributed by atoms with van der Waals surface area (Å²) < 4.78 is 0. The molecule has 3 aromatic heterocycles. The Kier molecular flexibility index (Phi) is 8.41. The van der Waals surface area contributed by atoms with Crippen LogP contribution in [0.5, 0.6) is 0 Å². The van der Waals surface area contributed by atoms with Gasteiger partial charge in [0.2, 0.25) is 0 Å². The molecule has 1 N–H and O–H groups in total. The van der Waals surface area contributed by atoms with Crippen LogP contribution in [0.4, 0.5) is 5.69 Å². The highest BCUT2D eigenvalue weighted by atomic mass is 32.1. The average molecular weight is 576 g/mol. The number of likely N-dealkylation sites (N-methyl/N-ethyl adjacent to an activating group) is 1. The molecule has 212 valence electrons. The lowest BCUT2D eigenvalue weighted by atomic mass is 10.0. The van der Waals surface area contributed by atoms with Crippen LogP contribution in [0.2, 0.25) is 0 Å². The summed E-state index contributed by atoms with van der Waals surface area (Å²) in [6, 6.07) is 17.8. The van der Waals surface area contributed by atoms with Crippen molar-refractivity contribution in [2.75, 3.05) is 38.5 Å². The minimum absolute atomic E-state index is 0.123. The molecule has 1 fully saturated rings.